The van der Waals surface area contributed by atoms with Gasteiger partial charge in [-0.2, -0.15) is 0 Å². The summed E-state index contributed by atoms with van der Waals surface area (Å²) in [5.41, 5.74) is 0. The van der Waals surface area contributed by atoms with E-state index in [2.05, 4.69) is 10.6 Å². The standard InChI is InChI=1S/C10H18N2O3/c13-9(14)5-1-2-6-12-10(15)8-4-3-7-11-8/h8,11H,1-7H2,(H,12,15)(H,13,14)/t8-/m1/s1. The van der Waals surface area contributed by atoms with Crippen LogP contribution in [0.3, 0.4) is 0 Å². The lowest BCUT2D eigenvalue weighted by Crippen LogP contribution is -2.40. The van der Waals surface area contributed by atoms with Crippen LogP contribution in [0.5, 0.6) is 0 Å². The zero-order valence-corrected chi connectivity index (χ0v) is 8.79. The van der Waals surface area contributed by atoms with Crippen LogP contribution in [0, 0.1) is 0 Å². The summed E-state index contributed by atoms with van der Waals surface area (Å²) in [5.74, 6) is -0.735. The largest absolute Gasteiger partial charge is 0.481 e. The van der Waals surface area contributed by atoms with Gasteiger partial charge < -0.3 is 15.7 Å². The van der Waals surface area contributed by atoms with Crippen LogP contribution < -0.4 is 10.6 Å². The Morgan fingerprint density at radius 3 is 2.80 bits per heavy atom. The van der Waals surface area contributed by atoms with Gasteiger partial charge in [-0.25, -0.2) is 0 Å². The van der Waals surface area contributed by atoms with Crippen molar-refractivity contribution in [1.29, 1.82) is 0 Å². The molecular weight excluding hydrogens is 196 g/mol. The number of hydrogen-bond donors (Lipinski definition) is 3. The number of carboxylic acids is 1. The fraction of sp³-hybridized carbons (Fsp3) is 0.800. The second kappa shape index (κ2) is 6.40. The number of carbonyl (C=O) groups excluding carboxylic acids is 1. The minimum atomic E-state index is -0.779. The molecule has 1 atom stereocenters. The summed E-state index contributed by atoms with van der Waals surface area (Å²) in [5, 5.41) is 14.3. The van der Waals surface area contributed by atoms with E-state index in [4.69, 9.17) is 5.11 Å². The van der Waals surface area contributed by atoms with Crippen LogP contribution in [0.1, 0.15) is 32.1 Å². The normalized spacial score (nSPS) is 20.1. The Labute approximate surface area is 89.2 Å². The Bertz CT molecular complexity index is 225. The van der Waals surface area contributed by atoms with Gasteiger partial charge in [0, 0.05) is 13.0 Å². The van der Waals surface area contributed by atoms with Gasteiger partial charge in [0.2, 0.25) is 5.91 Å². The monoisotopic (exact) mass is 214 g/mol. The van der Waals surface area contributed by atoms with E-state index in [-0.39, 0.29) is 18.4 Å². The van der Waals surface area contributed by atoms with Gasteiger partial charge >= 0.3 is 5.97 Å². The molecule has 1 saturated heterocycles. The minimum Gasteiger partial charge on any atom is -0.481 e. The van der Waals surface area contributed by atoms with Crippen LogP contribution in [0.25, 0.3) is 0 Å². The van der Waals surface area contributed by atoms with E-state index in [1.807, 2.05) is 0 Å². The summed E-state index contributed by atoms with van der Waals surface area (Å²) in [6, 6.07) is -0.0375. The highest BCUT2D eigenvalue weighted by Gasteiger charge is 2.20. The summed E-state index contributed by atoms with van der Waals surface area (Å²) in [4.78, 5) is 21.7. The maximum Gasteiger partial charge on any atom is 0.303 e. The third-order valence-corrected chi connectivity index (χ3v) is 2.49. The van der Waals surface area contributed by atoms with Crippen LogP contribution in [0.2, 0.25) is 0 Å². The summed E-state index contributed by atoms with van der Waals surface area (Å²) >= 11 is 0. The topological polar surface area (TPSA) is 78.4 Å². The molecule has 5 heteroatoms. The summed E-state index contributed by atoms with van der Waals surface area (Å²) < 4.78 is 0. The number of hydrogen-bond acceptors (Lipinski definition) is 3. The Morgan fingerprint density at radius 1 is 1.40 bits per heavy atom. The SMILES string of the molecule is O=C(O)CCCCNC(=O)[C@H]1CCCN1. The van der Waals surface area contributed by atoms with Crippen molar-refractivity contribution in [2.24, 2.45) is 0 Å². The van der Waals surface area contributed by atoms with E-state index in [0.29, 0.717) is 13.0 Å². The predicted octanol–water partition coefficient (Wildman–Crippen LogP) is 0.109. The quantitative estimate of drug-likeness (QED) is 0.548. The van der Waals surface area contributed by atoms with E-state index in [0.717, 1.165) is 25.8 Å². The van der Waals surface area contributed by atoms with Gasteiger partial charge in [0.1, 0.15) is 0 Å². The molecule has 0 aromatic rings. The van der Waals surface area contributed by atoms with Crippen molar-refractivity contribution < 1.29 is 14.7 Å². The van der Waals surface area contributed by atoms with Gasteiger partial charge in [-0.15, -0.1) is 0 Å². The number of amides is 1. The predicted molar refractivity (Wildman–Crippen MR) is 55.5 cm³/mol. The highest BCUT2D eigenvalue weighted by Crippen LogP contribution is 2.04. The molecule has 5 nitrogen and oxygen atoms in total. The first-order valence-electron chi connectivity index (χ1n) is 5.43. The maximum atomic E-state index is 11.5. The molecule has 15 heavy (non-hydrogen) atoms. The molecule has 1 amide bonds. The first-order chi connectivity index (χ1) is 7.20. The van der Waals surface area contributed by atoms with Gasteiger partial charge in [0.15, 0.2) is 0 Å². The number of carboxylic acid groups (broad SMARTS) is 1. The third kappa shape index (κ3) is 4.78. The maximum absolute atomic E-state index is 11.5. The van der Waals surface area contributed by atoms with Crippen molar-refractivity contribution in [2.45, 2.75) is 38.1 Å². The molecule has 1 aliphatic heterocycles. The second-order valence-electron chi connectivity index (χ2n) is 3.79. The lowest BCUT2D eigenvalue weighted by atomic mass is 10.2. The molecule has 86 valence electrons. The lowest BCUT2D eigenvalue weighted by Gasteiger charge is -2.10. The molecule has 0 saturated carbocycles. The summed E-state index contributed by atoms with van der Waals surface area (Å²) in [6.07, 6.45) is 3.48. The van der Waals surface area contributed by atoms with Crippen LogP contribution in [0.4, 0.5) is 0 Å². The average Bonchev–Trinajstić information content (AvgIpc) is 2.69. The minimum absolute atomic E-state index is 0.0375. The van der Waals surface area contributed by atoms with Crippen LogP contribution in [-0.2, 0) is 9.59 Å². The van der Waals surface area contributed by atoms with E-state index >= 15 is 0 Å². The highest BCUT2D eigenvalue weighted by molar-refractivity contribution is 5.81. The van der Waals surface area contributed by atoms with E-state index < -0.39 is 5.97 Å². The van der Waals surface area contributed by atoms with Crippen molar-refractivity contribution >= 4 is 11.9 Å². The fourth-order valence-electron chi connectivity index (χ4n) is 1.64. The van der Waals surface area contributed by atoms with Gasteiger partial charge in [-0.3, -0.25) is 9.59 Å². The van der Waals surface area contributed by atoms with Crippen LogP contribution in [-0.4, -0.2) is 36.1 Å². The number of aliphatic carboxylic acids is 1. The Morgan fingerprint density at radius 2 is 2.20 bits per heavy atom. The number of rotatable bonds is 6. The first kappa shape index (κ1) is 12.0. The fourth-order valence-corrected chi connectivity index (χ4v) is 1.64. The Kier molecular flexibility index (Phi) is 5.10. The van der Waals surface area contributed by atoms with E-state index in [1.165, 1.54) is 0 Å². The van der Waals surface area contributed by atoms with Crippen LogP contribution >= 0.6 is 0 Å². The molecule has 0 radical (unpaired) electrons. The summed E-state index contributed by atoms with van der Waals surface area (Å²) in [6.45, 7) is 1.49. The van der Waals surface area contributed by atoms with Crippen molar-refractivity contribution in [1.82, 2.24) is 10.6 Å². The molecule has 0 bridgehead atoms. The zero-order chi connectivity index (χ0) is 11.1. The van der Waals surface area contributed by atoms with Crippen molar-refractivity contribution in [3.8, 4) is 0 Å². The van der Waals surface area contributed by atoms with Gasteiger partial charge in [0.05, 0.1) is 6.04 Å². The number of nitrogens with one attached hydrogen (secondary N) is 2. The molecule has 1 fully saturated rings. The van der Waals surface area contributed by atoms with Crippen LogP contribution in [0.15, 0.2) is 0 Å². The Balaban J connectivity index is 1.99. The molecule has 0 aromatic carbocycles. The number of carbonyl (C=O) groups is 2. The molecule has 1 aliphatic rings. The molecule has 1 heterocycles. The van der Waals surface area contributed by atoms with Crippen molar-refractivity contribution in [3.63, 3.8) is 0 Å². The average molecular weight is 214 g/mol. The molecule has 1 rings (SSSR count). The molecule has 0 aromatic heterocycles. The van der Waals surface area contributed by atoms with E-state index in [9.17, 15) is 9.59 Å². The molecular formula is C10H18N2O3. The van der Waals surface area contributed by atoms with E-state index in [1.54, 1.807) is 0 Å². The molecule has 0 spiro atoms. The van der Waals surface area contributed by atoms with Gasteiger partial charge in [-0.1, -0.05) is 0 Å². The first-order valence-corrected chi connectivity index (χ1v) is 5.43. The highest BCUT2D eigenvalue weighted by atomic mass is 16.4. The lowest BCUT2D eigenvalue weighted by molar-refractivity contribution is -0.137. The number of unbranched alkanes of at least 4 members (excludes halogenated alkanes) is 1. The molecule has 0 aliphatic carbocycles. The zero-order valence-electron chi connectivity index (χ0n) is 8.79. The molecule has 0 unspecified atom stereocenters. The summed E-state index contributed by atoms with van der Waals surface area (Å²) in [7, 11) is 0. The third-order valence-electron chi connectivity index (χ3n) is 2.49. The molecule has 3 N–H and O–H groups in total. The van der Waals surface area contributed by atoms with Crippen molar-refractivity contribution in [2.75, 3.05) is 13.1 Å². The smallest absolute Gasteiger partial charge is 0.303 e. The van der Waals surface area contributed by atoms with Gasteiger partial charge in [-0.05, 0) is 32.2 Å². The van der Waals surface area contributed by atoms with Crippen molar-refractivity contribution in [3.05, 3.63) is 0 Å². The van der Waals surface area contributed by atoms with Gasteiger partial charge in [0.25, 0.3) is 0 Å². The Hall–Kier alpha value is -1.10. The second-order valence-corrected chi connectivity index (χ2v) is 3.79.